The number of piperidine rings is 1. The number of nitrogens with zero attached hydrogens (tertiary/aromatic N) is 1. The minimum absolute atomic E-state index is 0.0593. The molecule has 96 valence electrons. The molecule has 1 fully saturated rings. The van der Waals surface area contributed by atoms with Crippen molar-refractivity contribution in [1.82, 2.24) is 4.90 Å². The zero-order valence-electron chi connectivity index (χ0n) is 10.5. The molecule has 5 heteroatoms. The number of rotatable bonds is 5. The molecule has 1 atom stereocenters. The van der Waals surface area contributed by atoms with E-state index in [0.717, 1.165) is 13.1 Å². The van der Waals surface area contributed by atoms with E-state index in [1.54, 1.807) is 13.8 Å². The molecule has 0 bridgehead atoms. The highest BCUT2D eigenvalue weighted by molar-refractivity contribution is 7.86. The van der Waals surface area contributed by atoms with Crippen LogP contribution in [-0.2, 0) is 14.3 Å². The summed E-state index contributed by atoms with van der Waals surface area (Å²) in [7, 11) is -3.37. The summed E-state index contributed by atoms with van der Waals surface area (Å²) in [4.78, 5) is 2.24. The van der Waals surface area contributed by atoms with E-state index < -0.39 is 10.1 Å². The van der Waals surface area contributed by atoms with Crippen LogP contribution < -0.4 is 0 Å². The first-order valence-corrected chi connectivity index (χ1v) is 7.63. The van der Waals surface area contributed by atoms with Gasteiger partial charge in [0, 0.05) is 6.04 Å². The van der Waals surface area contributed by atoms with E-state index in [1.807, 2.05) is 6.92 Å². The van der Waals surface area contributed by atoms with Gasteiger partial charge in [-0.25, -0.2) is 0 Å². The molecule has 1 aliphatic rings. The van der Waals surface area contributed by atoms with E-state index in [0.29, 0.717) is 0 Å². The van der Waals surface area contributed by atoms with Gasteiger partial charge >= 0.3 is 0 Å². The van der Waals surface area contributed by atoms with Gasteiger partial charge in [-0.2, -0.15) is 8.42 Å². The fourth-order valence-corrected chi connectivity index (χ4v) is 3.56. The normalized spacial score (nSPS) is 21.2. The zero-order chi connectivity index (χ0) is 12.2. The Labute approximate surface area is 99.1 Å². The lowest BCUT2D eigenvalue weighted by Crippen LogP contribution is -2.41. The molecular weight excluding hydrogens is 226 g/mol. The van der Waals surface area contributed by atoms with Crippen LogP contribution in [0.15, 0.2) is 0 Å². The van der Waals surface area contributed by atoms with Gasteiger partial charge in [0.2, 0.25) is 0 Å². The van der Waals surface area contributed by atoms with E-state index in [2.05, 4.69) is 4.90 Å². The molecule has 0 aromatic heterocycles. The molecule has 4 nitrogen and oxygen atoms in total. The maximum atomic E-state index is 11.6. The third kappa shape index (κ3) is 4.80. The fourth-order valence-electron chi connectivity index (χ4n) is 2.09. The average molecular weight is 249 g/mol. The van der Waals surface area contributed by atoms with E-state index in [4.69, 9.17) is 4.18 Å². The van der Waals surface area contributed by atoms with Crippen molar-refractivity contribution in [2.75, 3.05) is 18.8 Å². The zero-order valence-corrected chi connectivity index (χ0v) is 11.3. The summed E-state index contributed by atoms with van der Waals surface area (Å²) in [5, 5.41) is 0. The second-order valence-corrected chi connectivity index (χ2v) is 6.46. The molecule has 0 radical (unpaired) electrons. The van der Waals surface area contributed by atoms with Gasteiger partial charge in [-0.1, -0.05) is 6.42 Å². The van der Waals surface area contributed by atoms with Crippen molar-refractivity contribution in [2.24, 2.45) is 0 Å². The lowest BCUT2D eigenvalue weighted by atomic mass is 10.1. The Balaban J connectivity index is 2.45. The highest BCUT2D eigenvalue weighted by Gasteiger charge is 2.23. The van der Waals surface area contributed by atoms with E-state index >= 15 is 0 Å². The van der Waals surface area contributed by atoms with E-state index in [1.165, 1.54) is 19.3 Å². The standard InChI is InChI=1S/C11H23NO3S/c1-10(2)15-16(13,14)9-11(3)12-7-5-4-6-8-12/h10-11H,4-9H2,1-3H3. The highest BCUT2D eigenvalue weighted by atomic mass is 32.2. The second-order valence-electron chi connectivity index (χ2n) is 4.81. The first kappa shape index (κ1) is 13.9. The minimum Gasteiger partial charge on any atom is -0.300 e. The van der Waals surface area contributed by atoms with Crippen LogP contribution in [0, 0.1) is 0 Å². The van der Waals surface area contributed by atoms with Crippen molar-refractivity contribution < 1.29 is 12.6 Å². The molecular formula is C11H23NO3S. The summed E-state index contributed by atoms with van der Waals surface area (Å²) in [6.45, 7) is 7.47. The highest BCUT2D eigenvalue weighted by Crippen LogP contribution is 2.14. The Kier molecular flexibility index (Phi) is 5.21. The smallest absolute Gasteiger partial charge is 0.269 e. The summed E-state index contributed by atoms with van der Waals surface area (Å²) in [5.41, 5.74) is 0. The third-order valence-corrected chi connectivity index (χ3v) is 4.37. The quantitative estimate of drug-likeness (QED) is 0.695. The van der Waals surface area contributed by atoms with Crippen molar-refractivity contribution in [3.05, 3.63) is 0 Å². The Morgan fingerprint density at radius 1 is 1.12 bits per heavy atom. The maximum Gasteiger partial charge on any atom is 0.269 e. The lowest BCUT2D eigenvalue weighted by Gasteiger charge is -2.32. The average Bonchev–Trinajstić information content (AvgIpc) is 2.16. The molecule has 0 N–H and O–H groups in total. The van der Waals surface area contributed by atoms with Crippen molar-refractivity contribution in [2.45, 2.75) is 52.2 Å². The predicted octanol–water partition coefficient (Wildman–Crippen LogP) is 1.62. The number of hydrogen-bond acceptors (Lipinski definition) is 4. The SMILES string of the molecule is CC(C)OS(=O)(=O)CC(C)N1CCCCC1. The molecule has 0 aromatic carbocycles. The molecule has 0 saturated carbocycles. The second kappa shape index (κ2) is 5.98. The van der Waals surface area contributed by atoms with Crippen LogP contribution in [0.5, 0.6) is 0 Å². The largest absolute Gasteiger partial charge is 0.300 e. The number of hydrogen-bond donors (Lipinski definition) is 0. The van der Waals surface area contributed by atoms with Gasteiger partial charge < -0.3 is 0 Å². The maximum absolute atomic E-state index is 11.6. The Morgan fingerprint density at radius 2 is 1.69 bits per heavy atom. The van der Waals surface area contributed by atoms with Crippen molar-refractivity contribution >= 4 is 10.1 Å². The van der Waals surface area contributed by atoms with Gasteiger partial charge in [-0.15, -0.1) is 0 Å². The van der Waals surface area contributed by atoms with Crippen LogP contribution in [0.1, 0.15) is 40.0 Å². The molecule has 0 spiro atoms. The molecule has 1 rings (SSSR count). The van der Waals surface area contributed by atoms with Gasteiger partial charge in [0.15, 0.2) is 0 Å². The van der Waals surface area contributed by atoms with Gasteiger partial charge in [0.1, 0.15) is 0 Å². The summed E-state index contributed by atoms with van der Waals surface area (Å²) >= 11 is 0. The fraction of sp³-hybridized carbons (Fsp3) is 1.00. The van der Waals surface area contributed by atoms with Gasteiger partial charge in [0.25, 0.3) is 10.1 Å². The summed E-state index contributed by atoms with van der Waals surface area (Å²) < 4.78 is 28.2. The van der Waals surface area contributed by atoms with E-state index in [-0.39, 0.29) is 17.9 Å². The number of likely N-dealkylation sites (tertiary alicyclic amines) is 1. The summed E-state index contributed by atoms with van der Waals surface area (Å²) in [6.07, 6.45) is 3.35. The molecule has 1 heterocycles. The van der Waals surface area contributed by atoms with Crippen molar-refractivity contribution in [3.8, 4) is 0 Å². The molecule has 1 unspecified atom stereocenters. The van der Waals surface area contributed by atoms with Gasteiger partial charge in [-0.3, -0.25) is 9.08 Å². The van der Waals surface area contributed by atoms with Gasteiger partial charge in [0.05, 0.1) is 11.9 Å². The van der Waals surface area contributed by atoms with Crippen LogP contribution >= 0.6 is 0 Å². The van der Waals surface area contributed by atoms with Crippen LogP contribution in [-0.4, -0.2) is 44.3 Å². The van der Waals surface area contributed by atoms with Crippen molar-refractivity contribution in [3.63, 3.8) is 0 Å². The molecule has 1 saturated heterocycles. The Bertz CT molecular complexity index is 294. The lowest BCUT2D eigenvalue weighted by molar-refractivity contribution is 0.180. The monoisotopic (exact) mass is 249 g/mol. The van der Waals surface area contributed by atoms with E-state index in [9.17, 15) is 8.42 Å². The summed E-state index contributed by atoms with van der Waals surface area (Å²) in [5.74, 6) is 0.102. The first-order valence-electron chi connectivity index (χ1n) is 6.06. The van der Waals surface area contributed by atoms with Crippen LogP contribution in [0.25, 0.3) is 0 Å². The van der Waals surface area contributed by atoms with Gasteiger partial charge in [-0.05, 0) is 46.7 Å². The summed E-state index contributed by atoms with van der Waals surface area (Å²) in [6, 6.07) is 0.0593. The topological polar surface area (TPSA) is 46.6 Å². The molecule has 1 aliphatic heterocycles. The first-order chi connectivity index (χ1) is 7.41. The molecule has 16 heavy (non-hydrogen) atoms. The van der Waals surface area contributed by atoms with Crippen molar-refractivity contribution in [1.29, 1.82) is 0 Å². The molecule has 0 aliphatic carbocycles. The van der Waals surface area contributed by atoms with Crippen LogP contribution in [0.4, 0.5) is 0 Å². The minimum atomic E-state index is -3.37. The van der Waals surface area contributed by atoms with Crippen LogP contribution in [0.3, 0.4) is 0 Å². The molecule has 0 aromatic rings. The third-order valence-electron chi connectivity index (χ3n) is 2.80. The molecule has 0 amide bonds. The van der Waals surface area contributed by atoms with Crippen LogP contribution in [0.2, 0.25) is 0 Å². The predicted molar refractivity (Wildman–Crippen MR) is 64.9 cm³/mol. The Morgan fingerprint density at radius 3 is 2.19 bits per heavy atom. The Hall–Kier alpha value is -0.130.